The van der Waals surface area contributed by atoms with Gasteiger partial charge in [-0.3, -0.25) is 4.79 Å². The van der Waals surface area contributed by atoms with Crippen LogP contribution in [0, 0.1) is 11.8 Å². The number of ether oxygens (including phenoxy) is 2. The Labute approximate surface area is 140 Å². The minimum absolute atomic E-state index is 0.214. The van der Waals surface area contributed by atoms with Crippen LogP contribution in [0.15, 0.2) is 42.5 Å². The van der Waals surface area contributed by atoms with E-state index in [1.165, 1.54) is 14.2 Å². The van der Waals surface area contributed by atoms with Crippen molar-refractivity contribution in [2.24, 2.45) is 0 Å². The van der Waals surface area contributed by atoms with Crippen molar-refractivity contribution >= 4 is 17.5 Å². The zero-order valence-electron chi connectivity index (χ0n) is 12.9. The van der Waals surface area contributed by atoms with E-state index in [9.17, 15) is 4.79 Å². The van der Waals surface area contributed by atoms with Crippen molar-refractivity contribution < 1.29 is 14.3 Å². The Hall–Kier alpha value is -2.64. The second-order valence-electron chi connectivity index (χ2n) is 4.54. The van der Waals surface area contributed by atoms with Gasteiger partial charge in [0, 0.05) is 10.6 Å². The van der Waals surface area contributed by atoms with E-state index in [0.717, 1.165) is 5.56 Å². The first-order valence-electron chi connectivity index (χ1n) is 6.89. The van der Waals surface area contributed by atoms with Gasteiger partial charge >= 0.3 is 0 Å². The molecule has 0 aliphatic rings. The van der Waals surface area contributed by atoms with Gasteiger partial charge in [0.25, 0.3) is 5.91 Å². The molecule has 0 radical (unpaired) electrons. The maximum Gasteiger partial charge on any atom is 0.255 e. The summed E-state index contributed by atoms with van der Waals surface area (Å²) in [5.41, 5.74) is 1.20. The monoisotopic (exact) mass is 329 g/mol. The standard InChI is InChI=1S/C18H16ClNO3/c1-22-16-10-4-9-15(17(16)23-2)18(21)20-11-5-7-13-6-3-8-14(19)12-13/h3-4,6,8-10,12H,11H2,1-2H3,(H,20,21). The molecular formula is C18H16ClNO3. The highest BCUT2D eigenvalue weighted by atomic mass is 35.5. The first kappa shape index (κ1) is 16.7. The maximum atomic E-state index is 12.2. The molecular weight excluding hydrogens is 314 g/mol. The number of carbonyl (C=O) groups is 1. The molecule has 0 saturated heterocycles. The molecule has 1 N–H and O–H groups in total. The molecule has 0 aliphatic carbocycles. The van der Waals surface area contributed by atoms with Crippen LogP contribution in [0.5, 0.6) is 11.5 Å². The SMILES string of the molecule is COc1cccc(C(=O)NCC#Cc2cccc(Cl)c2)c1OC. The number of hydrogen-bond donors (Lipinski definition) is 1. The molecule has 0 aliphatic heterocycles. The van der Waals surface area contributed by atoms with Crippen LogP contribution >= 0.6 is 11.6 Å². The van der Waals surface area contributed by atoms with Crippen LogP contribution in [0.2, 0.25) is 5.02 Å². The van der Waals surface area contributed by atoms with Crippen molar-refractivity contribution in [2.45, 2.75) is 0 Å². The van der Waals surface area contributed by atoms with Gasteiger partial charge in [0.2, 0.25) is 0 Å². The van der Waals surface area contributed by atoms with Gasteiger partial charge in [-0.2, -0.15) is 0 Å². The van der Waals surface area contributed by atoms with Crippen LogP contribution in [-0.2, 0) is 0 Å². The predicted molar refractivity (Wildman–Crippen MR) is 90.2 cm³/mol. The topological polar surface area (TPSA) is 47.6 Å². The average molecular weight is 330 g/mol. The molecule has 1 amide bonds. The summed E-state index contributed by atoms with van der Waals surface area (Å²) in [4.78, 5) is 12.2. The fourth-order valence-electron chi connectivity index (χ4n) is 2.00. The lowest BCUT2D eigenvalue weighted by atomic mass is 10.1. The first-order valence-corrected chi connectivity index (χ1v) is 7.27. The summed E-state index contributed by atoms with van der Waals surface area (Å²) >= 11 is 5.89. The summed E-state index contributed by atoms with van der Waals surface area (Å²) in [6.45, 7) is 0.214. The van der Waals surface area contributed by atoms with Crippen LogP contribution in [-0.4, -0.2) is 26.7 Å². The zero-order valence-corrected chi connectivity index (χ0v) is 13.6. The summed E-state index contributed by atoms with van der Waals surface area (Å²) in [7, 11) is 3.02. The molecule has 2 aromatic rings. The quantitative estimate of drug-likeness (QED) is 0.877. The molecule has 0 unspecified atom stereocenters. The third kappa shape index (κ3) is 4.41. The number of nitrogens with one attached hydrogen (secondary N) is 1. The van der Waals surface area contributed by atoms with Gasteiger partial charge in [-0.25, -0.2) is 0 Å². The van der Waals surface area contributed by atoms with Crippen molar-refractivity contribution in [2.75, 3.05) is 20.8 Å². The Morgan fingerprint density at radius 3 is 2.65 bits per heavy atom. The Bertz CT molecular complexity index is 762. The van der Waals surface area contributed by atoms with E-state index in [4.69, 9.17) is 21.1 Å². The minimum Gasteiger partial charge on any atom is -0.493 e. The molecule has 4 nitrogen and oxygen atoms in total. The lowest BCUT2D eigenvalue weighted by Gasteiger charge is -2.11. The molecule has 0 fully saturated rings. The molecule has 118 valence electrons. The number of amides is 1. The normalized spacial score (nSPS) is 9.52. The second kappa shape index (κ2) is 8.11. The molecule has 5 heteroatoms. The van der Waals surface area contributed by atoms with Crippen LogP contribution in [0.1, 0.15) is 15.9 Å². The van der Waals surface area contributed by atoms with Crippen LogP contribution in [0.4, 0.5) is 0 Å². The number of hydrogen-bond acceptors (Lipinski definition) is 3. The highest BCUT2D eigenvalue weighted by Crippen LogP contribution is 2.30. The zero-order chi connectivity index (χ0) is 16.7. The van der Waals surface area contributed by atoms with E-state index in [2.05, 4.69) is 17.2 Å². The summed E-state index contributed by atoms with van der Waals surface area (Å²) in [6.07, 6.45) is 0. The number of methoxy groups -OCH3 is 2. The number of rotatable bonds is 4. The number of para-hydroxylation sites is 1. The van der Waals surface area contributed by atoms with Gasteiger partial charge in [-0.1, -0.05) is 35.6 Å². The van der Waals surface area contributed by atoms with Crippen LogP contribution in [0.3, 0.4) is 0 Å². The van der Waals surface area contributed by atoms with Crippen molar-refractivity contribution in [1.29, 1.82) is 0 Å². The lowest BCUT2D eigenvalue weighted by Crippen LogP contribution is -2.24. The third-order valence-corrected chi connectivity index (χ3v) is 3.28. The van der Waals surface area contributed by atoms with E-state index >= 15 is 0 Å². The minimum atomic E-state index is -0.277. The highest BCUT2D eigenvalue weighted by molar-refractivity contribution is 6.30. The number of benzene rings is 2. The smallest absolute Gasteiger partial charge is 0.255 e. The summed E-state index contributed by atoms with van der Waals surface area (Å²) in [5, 5.41) is 3.36. The van der Waals surface area contributed by atoms with Gasteiger partial charge in [0.1, 0.15) is 0 Å². The Morgan fingerprint density at radius 2 is 1.96 bits per heavy atom. The fourth-order valence-corrected chi connectivity index (χ4v) is 2.19. The molecule has 0 saturated carbocycles. The predicted octanol–water partition coefficient (Wildman–Crippen LogP) is 3.14. The van der Waals surface area contributed by atoms with Crippen molar-refractivity contribution in [3.05, 3.63) is 58.6 Å². The van der Waals surface area contributed by atoms with Gasteiger partial charge in [-0.05, 0) is 30.3 Å². The second-order valence-corrected chi connectivity index (χ2v) is 4.97. The molecule has 2 aromatic carbocycles. The van der Waals surface area contributed by atoms with Gasteiger partial charge in [0.15, 0.2) is 11.5 Å². The lowest BCUT2D eigenvalue weighted by molar-refractivity contribution is 0.0955. The van der Waals surface area contributed by atoms with E-state index in [-0.39, 0.29) is 12.5 Å². The van der Waals surface area contributed by atoms with E-state index in [1.54, 1.807) is 30.3 Å². The van der Waals surface area contributed by atoms with E-state index in [0.29, 0.717) is 22.1 Å². The summed E-state index contributed by atoms with van der Waals surface area (Å²) in [6, 6.07) is 12.4. The number of carbonyl (C=O) groups excluding carboxylic acids is 1. The molecule has 0 heterocycles. The maximum absolute atomic E-state index is 12.2. The Morgan fingerprint density at radius 1 is 1.17 bits per heavy atom. The molecule has 0 spiro atoms. The molecule has 0 atom stereocenters. The average Bonchev–Trinajstić information content (AvgIpc) is 2.57. The first-order chi connectivity index (χ1) is 11.2. The molecule has 0 aromatic heterocycles. The van der Waals surface area contributed by atoms with Gasteiger partial charge in [-0.15, -0.1) is 0 Å². The van der Waals surface area contributed by atoms with E-state index in [1.807, 2.05) is 12.1 Å². The van der Waals surface area contributed by atoms with E-state index < -0.39 is 0 Å². The molecule has 0 bridgehead atoms. The highest BCUT2D eigenvalue weighted by Gasteiger charge is 2.15. The summed E-state index contributed by atoms with van der Waals surface area (Å²) < 4.78 is 10.4. The fraction of sp³-hybridized carbons (Fsp3) is 0.167. The Balaban J connectivity index is 2.04. The Kier molecular flexibility index (Phi) is 5.90. The number of halogens is 1. The molecule has 23 heavy (non-hydrogen) atoms. The molecule has 2 rings (SSSR count). The van der Waals surface area contributed by atoms with Crippen LogP contribution in [0.25, 0.3) is 0 Å². The largest absolute Gasteiger partial charge is 0.493 e. The van der Waals surface area contributed by atoms with Crippen molar-refractivity contribution in [1.82, 2.24) is 5.32 Å². The van der Waals surface area contributed by atoms with Crippen molar-refractivity contribution in [3.8, 4) is 23.3 Å². The van der Waals surface area contributed by atoms with Crippen molar-refractivity contribution in [3.63, 3.8) is 0 Å². The van der Waals surface area contributed by atoms with Gasteiger partial charge in [0.05, 0.1) is 26.3 Å². The van der Waals surface area contributed by atoms with Crippen LogP contribution < -0.4 is 14.8 Å². The van der Waals surface area contributed by atoms with Gasteiger partial charge < -0.3 is 14.8 Å². The third-order valence-electron chi connectivity index (χ3n) is 3.04. The summed E-state index contributed by atoms with van der Waals surface area (Å²) in [5.74, 6) is 6.45.